The molecular weight excluding hydrogens is 341 g/mol. The third-order valence-corrected chi connectivity index (χ3v) is 4.77. The number of carbonyl (C=O) groups excluding carboxylic acids is 2. The molecule has 118 valence electrons. The molecule has 1 amide bonds. The normalized spacial score (nSPS) is 17.7. The average Bonchev–Trinajstić information content (AvgIpc) is 2.97. The van der Waals surface area contributed by atoms with E-state index in [4.69, 9.17) is 4.74 Å². The molecule has 1 aliphatic rings. The van der Waals surface area contributed by atoms with Gasteiger partial charge in [0.05, 0.1) is 0 Å². The summed E-state index contributed by atoms with van der Waals surface area (Å²) in [7, 11) is 1.66. The molecule has 0 aromatic heterocycles. The number of benzene rings is 1. The summed E-state index contributed by atoms with van der Waals surface area (Å²) in [6.07, 6.45) is 3.22. The van der Waals surface area contributed by atoms with Gasteiger partial charge in [0.25, 0.3) is 0 Å². The number of methoxy groups -OCH3 is 1. The number of ether oxygens (including phenoxy) is 1. The Hall–Kier alpha value is -1.12. The minimum atomic E-state index is 0.0302. The average molecular weight is 363 g/mol. The molecule has 1 heterocycles. The van der Waals surface area contributed by atoms with Crippen LogP contribution in [0.4, 0.5) is 0 Å². The van der Waals surface area contributed by atoms with Crippen molar-refractivity contribution in [1.29, 1.82) is 0 Å². The van der Waals surface area contributed by atoms with E-state index in [9.17, 15) is 9.59 Å². The van der Waals surface area contributed by atoms with Gasteiger partial charge in [-0.1, -0.05) is 0 Å². The first-order valence-electron chi connectivity index (χ1n) is 7.71. The Morgan fingerprint density at radius 1 is 1.32 bits per heavy atom. The maximum atomic E-state index is 12.5. The van der Waals surface area contributed by atoms with Crippen molar-refractivity contribution in [1.82, 2.24) is 4.90 Å². The number of hydrogen-bond donors (Lipinski definition) is 0. The molecule has 1 atom stereocenters. The van der Waals surface area contributed by atoms with E-state index in [1.54, 1.807) is 31.4 Å². The molecule has 0 N–H and O–H groups in total. The van der Waals surface area contributed by atoms with Crippen LogP contribution in [0, 0.1) is 0 Å². The summed E-state index contributed by atoms with van der Waals surface area (Å²) in [6, 6.07) is 7.12. The molecule has 1 aromatic carbocycles. The van der Waals surface area contributed by atoms with Gasteiger partial charge in [-0.3, -0.25) is 0 Å². The first-order valence-corrected chi connectivity index (χ1v) is 8.79. The Morgan fingerprint density at radius 3 is 2.77 bits per heavy atom. The Kier molecular flexibility index (Phi) is 6.66. The fraction of sp³-hybridized carbons (Fsp3) is 0.529. The van der Waals surface area contributed by atoms with Crippen molar-refractivity contribution in [3.05, 3.63) is 35.4 Å². The number of unbranched alkanes of at least 4 members (excludes halogenated alkanes) is 1. The number of amides is 1. The fourth-order valence-electron chi connectivity index (χ4n) is 2.61. The molecule has 2 rings (SSSR count). The molecule has 0 spiro atoms. The molecule has 0 saturated carbocycles. The summed E-state index contributed by atoms with van der Waals surface area (Å²) >= 11 is 2.62. The van der Waals surface area contributed by atoms with Crippen LogP contribution in [-0.4, -0.2) is 60.2 Å². The summed E-state index contributed by atoms with van der Waals surface area (Å²) in [5.41, 5.74) is 1.25. The van der Waals surface area contributed by atoms with Crippen LogP contribution >= 0.6 is 0 Å². The van der Waals surface area contributed by atoms with Gasteiger partial charge in [-0.15, -0.1) is 0 Å². The van der Waals surface area contributed by atoms with Crippen LogP contribution in [0.15, 0.2) is 24.3 Å². The van der Waals surface area contributed by atoms with E-state index in [0.29, 0.717) is 28.9 Å². The molecule has 1 aromatic rings. The van der Waals surface area contributed by atoms with Crippen LogP contribution in [-0.2, 0) is 4.74 Å². The van der Waals surface area contributed by atoms with Crippen LogP contribution < -0.4 is 0 Å². The Bertz CT molecular complexity index is 532. The zero-order valence-corrected chi connectivity index (χ0v) is 14.8. The van der Waals surface area contributed by atoms with E-state index in [1.807, 2.05) is 4.90 Å². The maximum absolute atomic E-state index is 12.5. The third-order valence-electron chi connectivity index (χ3n) is 3.88. The minimum absolute atomic E-state index is 0.0302. The number of Topliss-reactive ketones (excluding diaryl/α,β-unsaturated/α-hetero) is 1. The number of rotatable bonds is 7. The van der Waals surface area contributed by atoms with Crippen LogP contribution in [0.5, 0.6) is 0 Å². The summed E-state index contributed by atoms with van der Waals surface area (Å²) in [5.74, 6) is 0.125. The molecule has 4 nitrogen and oxygen atoms in total. The summed E-state index contributed by atoms with van der Waals surface area (Å²) in [5, 5.41) is 0. The molecule has 5 heteroatoms. The van der Waals surface area contributed by atoms with E-state index in [0.717, 1.165) is 32.4 Å². The Morgan fingerprint density at radius 2 is 2.09 bits per heavy atom. The van der Waals surface area contributed by atoms with Crippen molar-refractivity contribution in [3.8, 4) is 0 Å². The fourth-order valence-corrected chi connectivity index (χ4v) is 3.27. The number of nitrogens with zero attached hydrogens (tertiary/aromatic N) is 1. The van der Waals surface area contributed by atoms with Crippen molar-refractivity contribution >= 4 is 28.5 Å². The summed E-state index contributed by atoms with van der Waals surface area (Å²) in [4.78, 5) is 26.5. The topological polar surface area (TPSA) is 46.6 Å². The number of carbonyl (C=O) groups is 2. The Labute approximate surface area is 140 Å². The van der Waals surface area contributed by atoms with Gasteiger partial charge < -0.3 is 4.74 Å². The monoisotopic (exact) mass is 363 g/mol. The van der Waals surface area contributed by atoms with Crippen LogP contribution in [0.2, 0.25) is 4.71 Å². The zero-order valence-electron chi connectivity index (χ0n) is 13.0. The van der Waals surface area contributed by atoms with E-state index in [-0.39, 0.29) is 11.7 Å². The number of ketones is 1. The summed E-state index contributed by atoms with van der Waals surface area (Å²) in [6.45, 7) is 2.26. The number of hydrogen-bond acceptors (Lipinski definition) is 3. The van der Waals surface area contributed by atoms with Crippen LogP contribution in [0.25, 0.3) is 0 Å². The van der Waals surface area contributed by atoms with Crippen LogP contribution in [0.3, 0.4) is 0 Å². The van der Waals surface area contributed by atoms with Gasteiger partial charge in [0.2, 0.25) is 0 Å². The molecule has 2 radical (unpaired) electrons. The molecule has 0 bridgehead atoms. The second-order valence-electron chi connectivity index (χ2n) is 5.65. The second kappa shape index (κ2) is 8.50. The van der Waals surface area contributed by atoms with Gasteiger partial charge in [-0.05, 0) is 0 Å². The van der Waals surface area contributed by atoms with Crippen molar-refractivity contribution in [2.24, 2.45) is 0 Å². The predicted molar refractivity (Wildman–Crippen MR) is 86.5 cm³/mol. The van der Waals surface area contributed by atoms with Gasteiger partial charge in [-0.2, -0.15) is 0 Å². The van der Waals surface area contributed by atoms with E-state index in [2.05, 4.69) is 16.9 Å². The Balaban J connectivity index is 1.97. The summed E-state index contributed by atoms with van der Waals surface area (Å²) < 4.78 is 5.48. The van der Waals surface area contributed by atoms with Gasteiger partial charge in [0, 0.05) is 7.11 Å². The molecule has 1 aliphatic heterocycles. The first-order chi connectivity index (χ1) is 10.6. The second-order valence-corrected chi connectivity index (χ2v) is 7.18. The molecule has 1 saturated heterocycles. The molecule has 22 heavy (non-hydrogen) atoms. The zero-order chi connectivity index (χ0) is 15.9. The van der Waals surface area contributed by atoms with E-state index < -0.39 is 0 Å². The van der Waals surface area contributed by atoms with E-state index >= 15 is 0 Å². The SMILES string of the molecule is COCCCCC(=O)c1cccc(C(=O)N2CCC([As])C2)c1. The first kappa shape index (κ1) is 17.2. The van der Waals surface area contributed by atoms with Gasteiger partial charge >= 0.3 is 129 Å². The molecule has 1 unspecified atom stereocenters. The number of likely N-dealkylation sites (tertiary alicyclic amines) is 1. The third kappa shape index (κ3) is 4.69. The predicted octanol–water partition coefficient (Wildman–Crippen LogP) is 2.49. The van der Waals surface area contributed by atoms with Crippen molar-refractivity contribution < 1.29 is 14.3 Å². The molecule has 1 fully saturated rings. The van der Waals surface area contributed by atoms with Gasteiger partial charge in [0.15, 0.2) is 0 Å². The van der Waals surface area contributed by atoms with Crippen molar-refractivity contribution in [2.75, 3.05) is 26.8 Å². The van der Waals surface area contributed by atoms with Crippen molar-refractivity contribution in [3.63, 3.8) is 0 Å². The van der Waals surface area contributed by atoms with Gasteiger partial charge in [-0.25, -0.2) is 0 Å². The quantitative estimate of drug-likeness (QED) is 0.425. The van der Waals surface area contributed by atoms with Crippen molar-refractivity contribution in [2.45, 2.75) is 30.4 Å². The standard InChI is InChI=1S/C17H22AsNO3/c1-22-10-3-2-7-16(20)13-5-4-6-14(11-13)17(21)19-9-8-15(18)12-19/h4-6,11,15H,2-3,7-10,12H2,1H3. The molecule has 0 aliphatic carbocycles. The van der Waals surface area contributed by atoms with E-state index in [1.165, 1.54) is 0 Å². The van der Waals surface area contributed by atoms with Gasteiger partial charge in [0.1, 0.15) is 0 Å². The van der Waals surface area contributed by atoms with Crippen LogP contribution in [0.1, 0.15) is 46.4 Å². The molecular formula is C17H22AsNO3.